The first-order valence-corrected chi connectivity index (χ1v) is 4.77. The fourth-order valence-corrected chi connectivity index (χ4v) is 1.06. The lowest BCUT2D eigenvalue weighted by Gasteiger charge is -2.05. The van der Waals surface area contributed by atoms with Crippen LogP contribution in [0.1, 0.15) is 5.56 Å². The van der Waals surface area contributed by atoms with Crippen LogP contribution < -0.4 is 10.6 Å². The lowest BCUT2D eigenvalue weighted by Crippen LogP contribution is -2.32. The Labute approximate surface area is 98.2 Å². The van der Waals surface area contributed by atoms with E-state index in [2.05, 4.69) is 15.4 Å². The molecule has 0 aromatic heterocycles. The molecule has 1 rings (SSSR count). The molecule has 0 saturated heterocycles. The van der Waals surface area contributed by atoms with Crippen molar-refractivity contribution in [1.82, 2.24) is 5.32 Å². The fraction of sp³-hybridized carbons (Fsp3) is 0.182. The fourth-order valence-electron chi connectivity index (χ4n) is 1.06. The second-order valence-corrected chi connectivity index (χ2v) is 3.08. The molecule has 1 aromatic carbocycles. The Bertz CT molecular complexity index is 448. The highest BCUT2D eigenvalue weighted by atomic mass is 16.5. The molecular formula is C11H11N3O3. The Morgan fingerprint density at radius 2 is 2.00 bits per heavy atom. The van der Waals surface area contributed by atoms with Crippen molar-refractivity contribution in [3.05, 3.63) is 29.8 Å². The number of nitriles is 1. The second kappa shape index (κ2) is 6.12. The molecule has 0 aliphatic rings. The molecule has 0 bridgehead atoms. The van der Waals surface area contributed by atoms with E-state index in [1.807, 2.05) is 6.07 Å². The lowest BCUT2D eigenvalue weighted by atomic mass is 10.2. The van der Waals surface area contributed by atoms with Gasteiger partial charge in [-0.3, -0.25) is 4.79 Å². The first kappa shape index (κ1) is 12.5. The lowest BCUT2D eigenvalue weighted by molar-refractivity contribution is -0.115. The highest BCUT2D eigenvalue weighted by molar-refractivity contribution is 5.93. The molecule has 6 heteroatoms. The SMILES string of the molecule is COC(=O)NCC(=O)Nc1ccc(C#N)cc1. The molecule has 0 atom stereocenters. The number of carbonyl (C=O) groups excluding carboxylic acids is 2. The predicted molar refractivity (Wildman–Crippen MR) is 60.2 cm³/mol. The van der Waals surface area contributed by atoms with Gasteiger partial charge in [0.1, 0.15) is 6.54 Å². The molecule has 0 aliphatic carbocycles. The number of methoxy groups -OCH3 is 1. The summed E-state index contributed by atoms with van der Waals surface area (Å²) in [7, 11) is 1.22. The van der Waals surface area contributed by atoms with Crippen LogP contribution in [0.15, 0.2) is 24.3 Å². The summed E-state index contributed by atoms with van der Waals surface area (Å²) in [5, 5.41) is 13.4. The smallest absolute Gasteiger partial charge is 0.407 e. The highest BCUT2D eigenvalue weighted by Crippen LogP contribution is 2.08. The number of ether oxygens (including phenoxy) is 1. The summed E-state index contributed by atoms with van der Waals surface area (Å²) in [4.78, 5) is 22.0. The van der Waals surface area contributed by atoms with Gasteiger partial charge in [0, 0.05) is 5.69 Å². The third-order valence-corrected chi connectivity index (χ3v) is 1.88. The maximum absolute atomic E-state index is 11.3. The van der Waals surface area contributed by atoms with Gasteiger partial charge in [0.25, 0.3) is 0 Å². The molecule has 0 spiro atoms. The topological polar surface area (TPSA) is 91.2 Å². The van der Waals surface area contributed by atoms with Gasteiger partial charge >= 0.3 is 6.09 Å². The van der Waals surface area contributed by atoms with Crippen molar-refractivity contribution < 1.29 is 14.3 Å². The van der Waals surface area contributed by atoms with Crippen LogP contribution in [0, 0.1) is 11.3 Å². The van der Waals surface area contributed by atoms with Gasteiger partial charge in [-0.15, -0.1) is 0 Å². The van der Waals surface area contributed by atoms with Gasteiger partial charge in [0.15, 0.2) is 0 Å². The molecule has 0 fully saturated rings. The number of alkyl carbamates (subject to hydrolysis) is 1. The number of hydrogen-bond acceptors (Lipinski definition) is 4. The van der Waals surface area contributed by atoms with E-state index in [9.17, 15) is 9.59 Å². The van der Waals surface area contributed by atoms with Crippen LogP contribution in [0.5, 0.6) is 0 Å². The molecule has 0 saturated carbocycles. The average Bonchev–Trinajstić information content (AvgIpc) is 2.36. The Hall–Kier alpha value is -2.55. The van der Waals surface area contributed by atoms with Crippen LogP contribution in [0.2, 0.25) is 0 Å². The zero-order valence-electron chi connectivity index (χ0n) is 9.19. The highest BCUT2D eigenvalue weighted by Gasteiger charge is 2.04. The summed E-state index contributed by atoms with van der Waals surface area (Å²) in [5.41, 5.74) is 1.07. The van der Waals surface area contributed by atoms with Crippen LogP contribution in [0.25, 0.3) is 0 Å². The van der Waals surface area contributed by atoms with Crippen molar-refractivity contribution >= 4 is 17.7 Å². The van der Waals surface area contributed by atoms with Crippen LogP contribution in [-0.2, 0) is 9.53 Å². The standard InChI is InChI=1S/C11H11N3O3/c1-17-11(16)13-7-10(15)14-9-4-2-8(6-12)3-5-9/h2-5H,7H2,1H3,(H,13,16)(H,14,15). The number of rotatable bonds is 3. The molecule has 2 N–H and O–H groups in total. The average molecular weight is 233 g/mol. The van der Waals surface area contributed by atoms with E-state index in [0.29, 0.717) is 11.3 Å². The molecule has 6 nitrogen and oxygen atoms in total. The van der Waals surface area contributed by atoms with Crippen molar-refractivity contribution in [3.8, 4) is 6.07 Å². The summed E-state index contributed by atoms with van der Waals surface area (Å²) in [5.74, 6) is -0.375. The van der Waals surface area contributed by atoms with Gasteiger partial charge in [0.2, 0.25) is 5.91 Å². The monoisotopic (exact) mass is 233 g/mol. The molecule has 1 aromatic rings. The van der Waals surface area contributed by atoms with E-state index in [1.54, 1.807) is 24.3 Å². The Morgan fingerprint density at radius 1 is 1.35 bits per heavy atom. The van der Waals surface area contributed by atoms with Gasteiger partial charge < -0.3 is 15.4 Å². The second-order valence-electron chi connectivity index (χ2n) is 3.08. The van der Waals surface area contributed by atoms with E-state index in [-0.39, 0.29) is 12.5 Å². The van der Waals surface area contributed by atoms with E-state index in [0.717, 1.165) is 0 Å². The maximum Gasteiger partial charge on any atom is 0.407 e. The van der Waals surface area contributed by atoms with E-state index in [4.69, 9.17) is 5.26 Å². The zero-order chi connectivity index (χ0) is 12.7. The Kier molecular flexibility index (Phi) is 4.51. The van der Waals surface area contributed by atoms with Crippen molar-refractivity contribution in [2.24, 2.45) is 0 Å². The summed E-state index contributed by atoms with van der Waals surface area (Å²) < 4.78 is 4.32. The van der Waals surface area contributed by atoms with E-state index < -0.39 is 6.09 Å². The predicted octanol–water partition coefficient (Wildman–Crippen LogP) is 0.853. The van der Waals surface area contributed by atoms with Gasteiger partial charge in [-0.1, -0.05) is 0 Å². The number of benzene rings is 1. The maximum atomic E-state index is 11.3. The molecular weight excluding hydrogens is 222 g/mol. The third-order valence-electron chi connectivity index (χ3n) is 1.88. The van der Waals surface area contributed by atoms with Crippen molar-refractivity contribution in [3.63, 3.8) is 0 Å². The quantitative estimate of drug-likeness (QED) is 0.809. The molecule has 2 amide bonds. The number of anilines is 1. The molecule has 0 unspecified atom stereocenters. The summed E-state index contributed by atoms with van der Waals surface area (Å²) in [6.45, 7) is -0.174. The van der Waals surface area contributed by atoms with Gasteiger partial charge in [0.05, 0.1) is 18.7 Å². The molecule has 0 heterocycles. The minimum Gasteiger partial charge on any atom is -0.453 e. The third kappa shape index (κ3) is 4.22. The van der Waals surface area contributed by atoms with E-state index in [1.165, 1.54) is 7.11 Å². The first-order valence-electron chi connectivity index (χ1n) is 4.77. The minimum atomic E-state index is -0.667. The summed E-state index contributed by atoms with van der Waals surface area (Å²) in [6, 6.07) is 8.35. The van der Waals surface area contributed by atoms with Crippen molar-refractivity contribution in [1.29, 1.82) is 5.26 Å². The van der Waals surface area contributed by atoms with Gasteiger partial charge in [-0.2, -0.15) is 5.26 Å². The van der Waals surface area contributed by atoms with Gasteiger partial charge in [-0.25, -0.2) is 4.79 Å². The molecule has 0 radical (unpaired) electrons. The number of hydrogen-bond donors (Lipinski definition) is 2. The largest absolute Gasteiger partial charge is 0.453 e. The molecule has 0 aliphatic heterocycles. The van der Waals surface area contributed by atoms with Crippen molar-refractivity contribution in [2.45, 2.75) is 0 Å². The van der Waals surface area contributed by atoms with Gasteiger partial charge in [-0.05, 0) is 24.3 Å². The molecule has 17 heavy (non-hydrogen) atoms. The number of carbonyl (C=O) groups is 2. The van der Waals surface area contributed by atoms with E-state index >= 15 is 0 Å². The number of amides is 2. The van der Waals surface area contributed by atoms with Crippen LogP contribution in [-0.4, -0.2) is 25.7 Å². The minimum absolute atomic E-state index is 0.174. The first-order chi connectivity index (χ1) is 8.15. The summed E-state index contributed by atoms with van der Waals surface area (Å²) >= 11 is 0. The van der Waals surface area contributed by atoms with Crippen molar-refractivity contribution in [2.75, 3.05) is 19.0 Å². The summed E-state index contributed by atoms with van der Waals surface area (Å²) in [6.07, 6.45) is -0.667. The van der Waals surface area contributed by atoms with Crippen LogP contribution >= 0.6 is 0 Å². The normalized spacial score (nSPS) is 8.94. The zero-order valence-corrected chi connectivity index (χ0v) is 9.19. The Balaban J connectivity index is 2.45. The number of nitrogens with zero attached hydrogens (tertiary/aromatic N) is 1. The van der Waals surface area contributed by atoms with Crippen LogP contribution in [0.4, 0.5) is 10.5 Å². The molecule has 88 valence electrons. The number of nitrogens with one attached hydrogen (secondary N) is 2. The Morgan fingerprint density at radius 3 is 2.53 bits per heavy atom. The van der Waals surface area contributed by atoms with Crippen LogP contribution in [0.3, 0.4) is 0 Å².